The van der Waals surface area contributed by atoms with Gasteiger partial charge >= 0.3 is 0 Å². The van der Waals surface area contributed by atoms with E-state index in [9.17, 15) is 0 Å². The molecule has 16 bridgehead atoms. The Morgan fingerprint density at radius 2 is 0.172 bits per heavy atom. The van der Waals surface area contributed by atoms with Crippen molar-refractivity contribution >= 4 is 202 Å². The molecule has 0 nitrogen and oxygen atoms in total. The van der Waals surface area contributed by atoms with Gasteiger partial charge in [-0.25, -0.2) is 0 Å². The van der Waals surface area contributed by atoms with Crippen molar-refractivity contribution in [3.8, 4) is 0 Å². The maximum atomic E-state index is 2.73. The van der Waals surface area contributed by atoms with E-state index < -0.39 is 0 Å². The Morgan fingerprint density at radius 3 is 0.234 bits per heavy atom. The summed E-state index contributed by atoms with van der Waals surface area (Å²) in [5, 5.41) is 30.1. The first kappa shape index (κ1) is 40.3. The Labute approximate surface area is 392 Å². The van der Waals surface area contributed by atoms with E-state index in [0.717, 1.165) is 0 Å². The lowest BCUT2D eigenvalue weighted by Gasteiger charge is -2.35. The van der Waals surface area contributed by atoms with Crippen molar-refractivity contribution in [2.75, 3.05) is 0 Å². The fourth-order valence-electron chi connectivity index (χ4n) is 11.0. The van der Waals surface area contributed by atoms with Crippen molar-refractivity contribution in [2.45, 2.75) is 0 Å². The monoisotopic (exact) mass is 1100 g/mol. The minimum Gasteiger partial charge on any atom is -0.0616 e. The Morgan fingerprint density at radius 1 is 0.109 bits per heavy atom. The van der Waals surface area contributed by atoms with E-state index in [1.54, 1.807) is 0 Å². The van der Waals surface area contributed by atoms with Gasteiger partial charge in [-0.2, -0.15) is 0 Å². The highest BCUT2D eigenvalue weighted by molar-refractivity contribution is 9.18. The Balaban J connectivity index is 1.03. The zero-order valence-electron chi connectivity index (χ0n) is 33.6. The third kappa shape index (κ3) is 5.07. The summed E-state index contributed by atoms with van der Waals surface area (Å²) in [4.78, 5) is 0. The number of hydrogen-bond donors (Lipinski definition) is 0. The lowest BCUT2D eigenvalue weighted by Crippen LogP contribution is -2.24. The summed E-state index contributed by atoms with van der Waals surface area (Å²) < 4.78 is 0. The van der Waals surface area contributed by atoms with Gasteiger partial charge in [-0.3, -0.25) is 0 Å². The third-order valence-corrected chi connectivity index (χ3v) is 143. The van der Waals surface area contributed by atoms with Crippen molar-refractivity contribution in [2.24, 2.45) is 0 Å². The second-order valence-electron chi connectivity index (χ2n) is 16.5. The maximum Gasteiger partial charge on any atom is -0.00491 e. The number of fused-ring (bicyclic) bond motifs is 20. The third-order valence-electron chi connectivity index (χ3n) is 13.4. The number of hydrogen-bond acceptors (Lipinski definition) is 0. The van der Waals surface area contributed by atoms with E-state index in [4.69, 9.17) is 0 Å². The SMILES string of the molecule is c1ccc2c(c1)P1P3c4ccccc4P1P1c4ccccc4P4P1c1ccccc1P4P1c4ccccc4P4P1c1ccccc1P4P1c4ccccc4P4P1c1ccccc1P4P23. The fourth-order valence-corrected chi connectivity index (χ4v) is 232. The molecule has 0 unspecified atom stereocenters. The lowest BCUT2D eigenvalue weighted by atomic mass is 10.4. The minimum absolute atomic E-state index is 0.312. The van der Waals surface area contributed by atoms with Gasteiger partial charge in [-0.15, -0.1) is 0 Å². The summed E-state index contributed by atoms with van der Waals surface area (Å²) >= 11 is 0. The molecule has 304 valence electrons. The quantitative estimate of drug-likeness (QED) is 0.133. The molecule has 0 amide bonds. The van der Waals surface area contributed by atoms with Gasteiger partial charge in [0, 0.05) is 0 Å². The smallest absolute Gasteiger partial charge is 0.00491 e. The van der Waals surface area contributed by atoms with Crippen LogP contribution in [0.3, 0.4) is 0 Å². The van der Waals surface area contributed by atoms with Crippen molar-refractivity contribution in [3.05, 3.63) is 194 Å². The van der Waals surface area contributed by atoms with Crippen molar-refractivity contribution in [1.82, 2.24) is 0 Å². The number of rotatable bonds is 0. The molecule has 17 rings (SSSR count). The first-order valence-corrected chi connectivity index (χ1v) is 54.2. The molecule has 0 spiro atoms. The first-order chi connectivity index (χ1) is 31.9. The van der Waals surface area contributed by atoms with Gasteiger partial charge in [0.25, 0.3) is 0 Å². The van der Waals surface area contributed by atoms with Crippen LogP contribution < -0.4 is 84.9 Å². The summed E-state index contributed by atoms with van der Waals surface area (Å²) in [7, 11) is -5.40. The molecule has 8 aromatic rings. The Bertz CT molecular complexity index is 2720. The second kappa shape index (κ2) is 15.1. The van der Waals surface area contributed by atoms with Gasteiger partial charge in [0.05, 0.1) is 0 Å². The molecule has 8 aromatic carbocycles. The van der Waals surface area contributed by atoms with Gasteiger partial charge in [0.2, 0.25) is 0 Å². The molecule has 0 N–H and O–H groups in total. The van der Waals surface area contributed by atoms with Crippen LogP contribution in [0.25, 0.3) is 0 Å². The standard InChI is InChI=1S/C48H32P16/c1-9-25-41-33(17-1)49-50-34-18-2-10-26-42(34)58(49)60-44-28-12-4-20-36(44)54-52(60)38-22-6-14-30-46(38)62(54)64-48-32-16-8-24-40(48)55-56(64)39-23-7-15-31-47(39)63(55)61-45-29-13-5-21-37(45)51-53(61)35-19-3-11-27-43(35)59(51)57(41)50/h1-32H. The predicted octanol–water partition coefficient (Wildman–Crippen LogP) is 14.1. The molecule has 1 saturated heterocycles. The molecular formula is C48H32P16. The lowest BCUT2D eigenvalue weighted by molar-refractivity contribution is 1.83. The van der Waals surface area contributed by atoms with E-state index in [2.05, 4.69) is 194 Å². The van der Waals surface area contributed by atoms with Gasteiger partial charge in [0.1, 0.15) is 0 Å². The molecule has 0 aliphatic carbocycles. The van der Waals surface area contributed by atoms with Crippen LogP contribution in [0.4, 0.5) is 0 Å². The molecule has 9 aliphatic rings. The molecule has 1 fully saturated rings. The fraction of sp³-hybridized carbons (Fsp3) is 0. The highest BCUT2D eigenvalue weighted by Gasteiger charge is 2.68. The first-order valence-electron chi connectivity index (χ1n) is 21.4. The molecular weight excluding hydrogens is 1070 g/mol. The van der Waals surface area contributed by atoms with Crippen molar-refractivity contribution in [3.63, 3.8) is 0 Å². The van der Waals surface area contributed by atoms with E-state index in [1.165, 1.54) is 0 Å². The van der Waals surface area contributed by atoms with Gasteiger partial charge < -0.3 is 0 Å². The molecule has 0 saturated carbocycles. The molecule has 0 radical (unpaired) electrons. The van der Waals surface area contributed by atoms with Crippen LogP contribution in [0.15, 0.2) is 194 Å². The highest BCUT2D eigenvalue weighted by atomic mass is 33.0. The minimum atomic E-state index is -0.363. The summed E-state index contributed by atoms with van der Waals surface area (Å²) in [6.07, 6.45) is 0. The van der Waals surface area contributed by atoms with Crippen molar-refractivity contribution in [1.29, 1.82) is 0 Å². The van der Waals surface area contributed by atoms with E-state index >= 15 is 0 Å². The average molecular weight is 1100 g/mol. The number of benzene rings is 8. The zero-order valence-corrected chi connectivity index (χ0v) is 47.9. The van der Waals surface area contributed by atoms with Gasteiger partial charge in [-0.1, -0.05) is 194 Å². The van der Waals surface area contributed by atoms with Crippen LogP contribution in [0.2, 0.25) is 0 Å². The summed E-state index contributed by atoms with van der Waals surface area (Å²) in [5.74, 6) is 0. The van der Waals surface area contributed by atoms with E-state index in [1.807, 2.05) is 84.9 Å². The van der Waals surface area contributed by atoms with Gasteiger partial charge in [-0.05, 0) is 202 Å². The van der Waals surface area contributed by atoms with Crippen LogP contribution in [-0.2, 0) is 0 Å². The van der Waals surface area contributed by atoms with Gasteiger partial charge in [0.15, 0.2) is 0 Å². The van der Waals surface area contributed by atoms with Crippen LogP contribution >= 0.6 is 117 Å². The summed E-state index contributed by atoms with van der Waals surface area (Å²) in [5.41, 5.74) is 0. The van der Waals surface area contributed by atoms with E-state index in [-0.39, 0.29) is 117 Å². The van der Waals surface area contributed by atoms with Crippen LogP contribution in [0, 0.1) is 0 Å². The Kier molecular flexibility index (Phi) is 9.49. The molecule has 9 heterocycles. The van der Waals surface area contributed by atoms with E-state index in [0.29, 0.717) is 0 Å². The van der Waals surface area contributed by atoms with Crippen LogP contribution in [0.5, 0.6) is 0 Å². The largest absolute Gasteiger partial charge is 0.0616 e. The molecule has 16 heteroatoms. The van der Waals surface area contributed by atoms with Crippen molar-refractivity contribution < 1.29 is 0 Å². The molecule has 0 atom stereocenters. The van der Waals surface area contributed by atoms with Crippen LogP contribution in [0.1, 0.15) is 0 Å². The Hall–Kier alpha value is 0.640. The predicted molar refractivity (Wildman–Crippen MR) is 316 cm³/mol. The molecule has 0 aromatic heterocycles. The maximum absolute atomic E-state index is 2.73. The van der Waals surface area contributed by atoms with Crippen LogP contribution in [-0.4, -0.2) is 0 Å². The molecule has 9 aliphatic heterocycles. The normalized spacial score (nSPS) is 35.5. The topological polar surface area (TPSA) is 0 Å². The zero-order chi connectivity index (χ0) is 41.1. The highest BCUT2D eigenvalue weighted by Crippen LogP contribution is 3.26. The second-order valence-corrected chi connectivity index (χ2v) is 87.1. The summed E-state index contributed by atoms with van der Waals surface area (Å²) in [6, 6.07) is 83.2. The summed E-state index contributed by atoms with van der Waals surface area (Å²) in [6.45, 7) is 0. The average Bonchev–Trinajstić information content (AvgIpc) is 4.23. The molecule has 64 heavy (non-hydrogen) atoms.